The summed E-state index contributed by atoms with van der Waals surface area (Å²) in [5.41, 5.74) is -0.226. The zero-order valence-electron chi connectivity index (χ0n) is 8.98. The molecular formula is C8H6BrN5O3S. The standard InChI is InChI=1S/C8H6BrN5O3S/c1-18(17)8-12-11-4-13(8)7-6(14(15)16)2-5(9)3-10-7/h2-4H,1H3/t18-/m0/s1. The van der Waals surface area contributed by atoms with Gasteiger partial charge in [-0.2, -0.15) is 0 Å². The molecule has 0 saturated heterocycles. The normalized spacial score (nSPS) is 12.3. The van der Waals surface area contributed by atoms with Crippen LogP contribution in [0.5, 0.6) is 0 Å². The highest BCUT2D eigenvalue weighted by molar-refractivity contribution is 9.10. The summed E-state index contributed by atoms with van der Waals surface area (Å²) in [5.74, 6) is 0.0263. The molecule has 0 fully saturated rings. The van der Waals surface area contributed by atoms with Crippen molar-refractivity contribution in [3.63, 3.8) is 0 Å². The molecule has 0 saturated carbocycles. The largest absolute Gasteiger partial charge is 0.313 e. The quantitative estimate of drug-likeness (QED) is 0.615. The van der Waals surface area contributed by atoms with E-state index in [0.29, 0.717) is 4.47 Å². The van der Waals surface area contributed by atoms with Crippen molar-refractivity contribution in [3.05, 3.63) is 33.2 Å². The number of nitro groups is 1. The van der Waals surface area contributed by atoms with Gasteiger partial charge in [0.1, 0.15) is 6.33 Å². The SMILES string of the molecule is C[S@](=O)c1nncn1-c1ncc(Br)cc1[N+](=O)[O-]. The zero-order valence-corrected chi connectivity index (χ0v) is 11.4. The Morgan fingerprint density at radius 1 is 1.56 bits per heavy atom. The molecule has 0 N–H and O–H groups in total. The number of halogens is 1. The molecule has 18 heavy (non-hydrogen) atoms. The fourth-order valence-corrected chi connectivity index (χ4v) is 2.20. The first kappa shape index (κ1) is 12.8. The molecule has 10 heteroatoms. The van der Waals surface area contributed by atoms with E-state index < -0.39 is 15.7 Å². The van der Waals surface area contributed by atoms with E-state index in [9.17, 15) is 14.3 Å². The predicted octanol–water partition coefficient (Wildman–Crippen LogP) is 1.07. The van der Waals surface area contributed by atoms with Gasteiger partial charge in [0, 0.05) is 23.0 Å². The Labute approximate surface area is 112 Å². The molecule has 2 aromatic rings. The van der Waals surface area contributed by atoms with Crippen molar-refractivity contribution in [2.45, 2.75) is 5.16 Å². The number of nitrogens with zero attached hydrogens (tertiary/aromatic N) is 5. The number of aromatic nitrogens is 4. The smallest absolute Gasteiger partial charge is 0.258 e. The van der Waals surface area contributed by atoms with Crippen LogP contribution in [0.3, 0.4) is 0 Å². The molecule has 94 valence electrons. The van der Waals surface area contributed by atoms with Crippen molar-refractivity contribution in [2.24, 2.45) is 0 Å². The first-order valence-corrected chi connectivity index (χ1v) is 6.89. The maximum atomic E-state index is 11.4. The van der Waals surface area contributed by atoms with E-state index in [2.05, 4.69) is 31.1 Å². The van der Waals surface area contributed by atoms with E-state index in [1.165, 1.54) is 29.4 Å². The fourth-order valence-electron chi connectivity index (χ4n) is 1.31. The Bertz CT molecular complexity index is 643. The summed E-state index contributed by atoms with van der Waals surface area (Å²) in [5, 5.41) is 18.3. The topological polar surface area (TPSA) is 104 Å². The summed E-state index contributed by atoms with van der Waals surface area (Å²) in [4.78, 5) is 14.3. The molecule has 1 atom stereocenters. The Hall–Kier alpha value is -1.68. The number of pyridine rings is 1. The fraction of sp³-hybridized carbons (Fsp3) is 0.125. The van der Waals surface area contributed by atoms with Crippen LogP contribution in [-0.4, -0.2) is 35.1 Å². The molecule has 0 radical (unpaired) electrons. The summed E-state index contributed by atoms with van der Waals surface area (Å²) in [6.07, 6.45) is 4.05. The van der Waals surface area contributed by atoms with E-state index in [4.69, 9.17) is 0 Å². The summed E-state index contributed by atoms with van der Waals surface area (Å²) < 4.78 is 13.1. The van der Waals surface area contributed by atoms with Gasteiger partial charge in [-0.3, -0.25) is 18.9 Å². The Balaban J connectivity index is 2.67. The van der Waals surface area contributed by atoms with Gasteiger partial charge in [0.25, 0.3) is 0 Å². The minimum Gasteiger partial charge on any atom is -0.258 e. The van der Waals surface area contributed by atoms with Gasteiger partial charge in [-0.15, -0.1) is 10.2 Å². The van der Waals surface area contributed by atoms with E-state index in [0.717, 1.165) is 0 Å². The lowest BCUT2D eigenvalue weighted by Gasteiger charge is -2.04. The van der Waals surface area contributed by atoms with Crippen LogP contribution < -0.4 is 0 Å². The third-order valence-corrected chi connectivity index (χ3v) is 3.24. The van der Waals surface area contributed by atoms with Crippen LogP contribution >= 0.6 is 15.9 Å². The van der Waals surface area contributed by atoms with Crippen LogP contribution in [0.1, 0.15) is 0 Å². The lowest BCUT2D eigenvalue weighted by molar-refractivity contribution is -0.385. The molecule has 2 aromatic heterocycles. The van der Waals surface area contributed by atoms with E-state index in [1.54, 1.807) is 0 Å². The lowest BCUT2D eigenvalue weighted by atomic mass is 10.4. The van der Waals surface area contributed by atoms with Crippen LogP contribution in [0.25, 0.3) is 5.82 Å². The van der Waals surface area contributed by atoms with Gasteiger partial charge in [0.05, 0.1) is 15.7 Å². The Morgan fingerprint density at radius 3 is 2.89 bits per heavy atom. The zero-order chi connectivity index (χ0) is 13.3. The van der Waals surface area contributed by atoms with Gasteiger partial charge < -0.3 is 0 Å². The van der Waals surface area contributed by atoms with Gasteiger partial charge in [-0.25, -0.2) is 4.98 Å². The van der Waals surface area contributed by atoms with Gasteiger partial charge in [-0.1, -0.05) is 0 Å². The molecule has 0 aliphatic carbocycles. The lowest BCUT2D eigenvalue weighted by Crippen LogP contribution is -2.06. The maximum absolute atomic E-state index is 11.4. The second-order valence-electron chi connectivity index (χ2n) is 3.19. The van der Waals surface area contributed by atoms with Crippen molar-refractivity contribution in [1.29, 1.82) is 0 Å². The summed E-state index contributed by atoms with van der Waals surface area (Å²) >= 11 is 3.11. The summed E-state index contributed by atoms with van der Waals surface area (Å²) in [7, 11) is -1.42. The molecule has 2 rings (SSSR count). The van der Waals surface area contributed by atoms with Gasteiger partial charge in [-0.05, 0) is 15.9 Å². The molecule has 0 aliphatic rings. The molecule has 0 spiro atoms. The minimum atomic E-state index is -1.42. The van der Waals surface area contributed by atoms with E-state index >= 15 is 0 Å². The molecular weight excluding hydrogens is 326 g/mol. The highest BCUT2D eigenvalue weighted by atomic mass is 79.9. The van der Waals surface area contributed by atoms with Crippen LogP contribution in [0.2, 0.25) is 0 Å². The molecule has 8 nitrogen and oxygen atoms in total. The predicted molar refractivity (Wildman–Crippen MR) is 65.8 cm³/mol. The van der Waals surface area contributed by atoms with Gasteiger partial charge in [0.2, 0.25) is 11.0 Å². The third kappa shape index (κ3) is 2.29. The first-order valence-electron chi connectivity index (χ1n) is 4.54. The molecule has 2 heterocycles. The maximum Gasteiger partial charge on any atom is 0.313 e. The Morgan fingerprint density at radius 2 is 2.28 bits per heavy atom. The van der Waals surface area contributed by atoms with Crippen molar-refractivity contribution >= 4 is 32.4 Å². The molecule has 0 unspecified atom stereocenters. The van der Waals surface area contributed by atoms with Crippen molar-refractivity contribution in [3.8, 4) is 5.82 Å². The van der Waals surface area contributed by atoms with Crippen LogP contribution in [-0.2, 0) is 10.8 Å². The number of rotatable bonds is 3. The number of hydrogen-bond donors (Lipinski definition) is 0. The average Bonchev–Trinajstić information content (AvgIpc) is 2.77. The van der Waals surface area contributed by atoms with Gasteiger partial charge in [0.15, 0.2) is 0 Å². The van der Waals surface area contributed by atoms with Crippen molar-refractivity contribution in [2.75, 3.05) is 6.26 Å². The van der Waals surface area contributed by atoms with Crippen LogP contribution in [0, 0.1) is 10.1 Å². The Kier molecular flexibility index (Phi) is 3.48. The van der Waals surface area contributed by atoms with Crippen molar-refractivity contribution in [1.82, 2.24) is 19.7 Å². The monoisotopic (exact) mass is 331 g/mol. The van der Waals surface area contributed by atoms with Crippen LogP contribution in [0.4, 0.5) is 5.69 Å². The van der Waals surface area contributed by atoms with E-state index in [-0.39, 0.29) is 16.7 Å². The second-order valence-corrected chi connectivity index (χ2v) is 5.38. The highest BCUT2D eigenvalue weighted by Gasteiger charge is 2.21. The van der Waals surface area contributed by atoms with Gasteiger partial charge >= 0.3 is 5.69 Å². The third-order valence-electron chi connectivity index (χ3n) is 2.01. The molecule has 0 amide bonds. The summed E-state index contributed by atoms with van der Waals surface area (Å²) in [6.45, 7) is 0. The second kappa shape index (κ2) is 4.90. The minimum absolute atomic E-state index is 0.0263. The highest BCUT2D eigenvalue weighted by Crippen LogP contribution is 2.25. The molecule has 0 aliphatic heterocycles. The average molecular weight is 332 g/mol. The molecule has 0 bridgehead atoms. The summed E-state index contributed by atoms with van der Waals surface area (Å²) in [6, 6.07) is 1.31. The van der Waals surface area contributed by atoms with Crippen LogP contribution in [0.15, 0.2) is 28.2 Å². The molecule has 0 aromatic carbocycles. The van der Waals surface area contributed by atoms with E-state index in [1.807, 2.05) is 0 Å². The van der Waals surface area contributed by atoms with Crippen molar-refractivity contribution < 1.29 is 9.13 Å². The first-order chi connectivity index (χ1) is 8.50. The number of hydrogen-bond acceptors (Lipinski definition) is 6.